The molecule has 2 aliphatic carbocycles. The fraction of sp³-hybridized carbons (Fsp3) is 0.500. The lowest BCUT2D eigenvalue weighted by Crippen LogP contribution is -2.32. The van der Waals surface area contributed by atoms with Crippen LogP contribution in [-0.2, 0) is 33.5 Å². The first-order valence-corrected chi connectivity index (χ1v) is 13.6. The van der Waals surface area contributed by atoms with Crippen molar-refractivity contribution >= 4 is 22.9 Å². The topological polar surface area (TPSA) is 64.4 Å². The highest BCUT2D eigenvalue weighted by Gasteiger charge is 2.35. The monoisotopic (exact) mass is 541 g/mol. The Kier molecular flexibility index (Phi) is 6.97. The van der Waals surface area contributed by atoms with Gasteiger partial charge in [0.25, 0.3) is 0 Å². The Labute approximate surface area is 226 Å². The number of benzene rings is 1. The van der Waals surface area contributed by atoms with Crippen molar-refractivity contribution in [2.45, 2.75) is 84.0 Å². The molecular weight excluding hydrogens is 507 g/mol. The van der Waals surface area contributed by atoms with Crippen molar-refractivity contribution in [1.29, 1.82) is 0 Å². The molecule has 6 nitrogen and oxygen atoms in total. The number of nitrogens with zero attached hydrogens (tertiary/aromatic N) is 3. The number of halogens is 3. The minimum absolute atomic E-state index is 0.00242. The molecule has 208 valence electrons. The fourth-order valence-corrected chi connectivity index (χ4v) is 4.91. The summed E-state index contributed by atoms with van der Waals surface area (Å²) in [5.74, 6) is -0.105. The van der Waals surface area contributed by atoms with Crippen LogP contribution in [-0.4, -0.2) is 38.5 Å². The molecule has 0 N–H and O–H groups in total. The van der Waals surface area contributed by atoms with E-state index in [1.165, 1.54) is 6.07 Å². The fourth-order valence-electron chi connectivity index (χ4n) is 4.91. The summed E-state index contributed by atoms with van der Waals surface area (Å²) in [6.07, 6.45) is 0.965. The van der Waals surface area contributed by atoms with Gasteiger partial charge in [0.15, 0.2) is 0 Å². The molecular formula is C30H34F3N3O3. The van der Waals surface area contributed by atoms with Gasteiger partial charge in [-0.1, -0.05) is 0 Å². The minimum Gasteiger partial charge on any atom is -0.460 e. The number of carbonyl (C=O) groups is 2. The second-order valence-electron chi connectivity index (χ2n) is 11.6. The van der Waals surface area contributed by atoms with Crippen molar-refractivity contribution in [3.8, 4) is 5.69 Å². The highest BCUT2D eigenvalue weighted by atomic mass is 19.4. The van der Waals surface area contributed by atoms with Gasteiger partial charge in [0.05, 0.1) is 17.7 Å². The Balaban J connectivity index is 1.62. The van der Waals surface area contributed by atoms with Crippen molar-refractivity contribution in [2.75, 3.05) is 6.54 Å². The van der Waals surface area contributed by atoms with Gasteiger partial charge in [-0.3, -0.25) is 9.59 Å². The molecule has 0 atom stereocenters. The van der Waals surface area contributed by atoms with Crippen molar-refractivity contribution in [2.24, 2.45) is 5.92 Å². The normalized spacial score (nSPS) is 16.0. The third-order valence-electron chi connectivity index (χ3n) is 7.15. The molecule has 0 unspecified atom stereocenters. The molecule has 1 amide bonds. The maximum atomic E-state index is 13.8. The van der Waals surface area contributed by atoms with E-state index in [4.69, 9.17) is 9.72 Å². The number of aromatic nitrogens is 2. The van der Waals surface area contributed by atoms with Crippen LogP contribution in [0.4, 0.5) is 13.2 Å². The number of hydrogen-bond donors (Lipinski definition) is 0. The van der Waals surface area contributed by atoms with E-state index in [1.807, 2.05) is 19.1 Å². The first-order chi connectivity index (χ1) is 18.3. The van der Waals surface area contributed by atoms with E-state index >= 15 is 0 Å². The van der Waals surface area contributed by atoms with E-state index in [9.17, 15) is 22.8 Å². The highest BCUT2D eigenvalue weighted by molar-refractivity contribution is 5.87. The van der Waals surface area contributed by atoms with Gasteiger partial charge in [0.1, 0.15) is 11.2 Å². The summed E-state index contributed by atoms with van der Waals surface area (Å²) < 4.78 is 48.6. The molecule has 2 aromatic heterocycles. The highest BCUT2D eigenvalue weighted by Crippen LogP contribution is 2.41. The summed E-state index contributed by atoms with van der Waals surface area (Å²) in [5, 5.41) is 0.748. The molecule has 3 aromatic rings. The van der Waals surface area contributed by atoms with E-state index in [-0.39, 0.29) is 24.8 Å². The standard InChI is InChI=1S/C30H34F3N3O3/c1-5-35(28(38)19-8-9-19)16-21-14-22(30(31,32)33)10-13-25(21)36-17-20(15-26(37)39-29(2,3)4)23-11-12-24(18-6-7-18)34-27(23)36/h10-14,17-19H,5-9,15-16H2,1-4H3. The zero-order chi connectivity index (χ0) is 28.1. The van der Waals surface area contributed by atoms with Crippen molar-refractivity contribution in [3.05, 3.63) is 58.9 Å². The lowest BCUT2D eigenvalue weighted by Gasteiger charge is -2.24. The molecule has 0 bridgehead atoms. The van der Waals surface area contributed by atoms with Gasteiger partial charge in [-0.25, -0.2) is 4.98 Å². The van der Waals surface area contributed by atoms with Crippen LogP contribution in [0.5, 0.6) is 0 Å². The summed E-state index contributed by atoms with van der Waals surface area (Å²) in [5.41, 5.74) is 1.65. The molecule has 2 heterocycles. The predicted octanol–water partition coefficient (Wildman–Crippen LogP) is 6.56. The SMILES string of the molecule is CCN(Cc1cc(C(F)(F)F)ccc1-n1cc(CC(=O)OC(C)(C)C)c2ccc(C3CC3)nc21)C(=O)C1CC1. The molecule has 0 spiro atoms. The van der Waals surface area contributed by atoms with Gasteiger partial charge < -0.3 is 14.2 Å². The summed E-state index contributed by atoms with van der Waals surface area (Å²) >= 11 is 0. The number of amides is 1. The summed E-state index contributed by atoms with van der Waals surface area (Å²) in [6.45, 7) is 7.68. The number of carbonyl (C=O) groups excluding carboxylic acids is 2. The number of pyridine rings is 1. The lowest BCUT2D eigenvalue weighted by molar-refractivity contribution is -0.154. The van der Waals surface area contributed by atoms with Crippen LogP contribution in [0.2, 0.25) is 0 Å². The molecule has 9 heteroatoms. The van der Waals surface area contributed by atoms with Crippen LogP contribution < -0.4 is 0 Å². The van der Waals surface area contributed by atoms with Gasteiger partial charge in [-0.15, -0.1) is 0 Å². The molecule has 2 saturated carbocycles. The lowest BCUT2D eigenvalue weighted by atomic mass is 10.1. The van der Waals surface area contributed by atoms with Gasteiger partial charge in [0, 0.05) is 42.2 Å². The number of hydrogen-bond acceptors (Lipinski definition) is 4. The predicted molar refractivity (Wildman–Crippen MR) is 141 cm³/mol. The van der Waals surface area contributed by atoms with Crippen LogP contribution in [0.3, 0.4) is 0 Å². The number of rotatable bonds is 8. The number of esters is 1. The first kappa shape index (κ1) is 27.2. The summed E-state index contributed by atoms with van der Waals surface area (Å²) in [6, 6.07) is 7.52. The van der Waals surface area contributed by atoms with Crippen LogP contribution in [0.1, 0.15) is 81.7 Å². The summed E-state index contributed by atoms with van der Waals surface area (Å²) in [4.78, 5) is 32.1. The molecule has 1 aromatic carbocycles. The van der Waals surface area contributed by atoms with Crippen LogP contribution in [0.25, 0.3) is 16.7 Å². The average Bonchev–Trinajstić information content (AvgIpc) is 3.77. The molecule has 2 fully saturated rings. The second kappa shape index (κ2) is 9.99. The van der Waals surface area contributed by atoms with E-state index in [2.05, 4.69) is 0 Å². The molecule has 5 rings (SSSR count). The zero-order valence-corrected chi connectivity index (χ0v) is 22.8. The van der Waals surface area contributed by atoms with Gasteiger partial charge in [-0.05, 0) is 94.8 Å². The Hall–Kier alpha value is -3.36. The van der Waals surface area contributed by atoms with Crippen molar-refractivity contribution in [3.63, 3.8) is 0 Å². The van der Waals surface area contributed by atoms with Crippen LogP contribution >= 0.6 is 0 Å². The van der Waals surface area contributed by atoms with Crippen molar-refractivity contribution in [1.82, 2.24) is 14.5 Å². The zero-order valence-electron chi connectivity index (χ0n) is 22.8. The van der Waals surface area contributed by atoms with Gasteiger partial charge in [0.2, 0.25) is 5.91 Å². The Morgan fingerprint density at radius 3 is 2.36 bits per heavy atom. The third-order valence-corrected chi connectivity index (χ3v) is 7.15. The minimum atomic E-state index is -4.52. The Morgan fingerprint density at radius 2 is 1.77 bits per heavy atom. The summed E-state index contributed by atoms with van der Waals surface area (Å²) in [7, 11) is 0. The van der Waals surface area contributed by atoms with E-state index in [1.54, 1.807) is 36.4 Å². The Morgan fingerprint density at radius 1 is 1.05 bits per heavy atom. The Bertz CT molecular complexity index is 1410. The maximum absolute atomic E-state index is 13.8. The van der Waals surface area contributed by atoms with Gasteiger partial charge in [-0.2, -0.15) is 13.2 Å². The molecule has 0 aliphatic heterocycles. The molecule has 0 radical (unpaired) electrons. The van der Waals surface area contributed by atoms with E-state index < -0.39 is 23.3 Å². The van der Waals surface area contributed by atoms with Crippen LogP contribution in [0, 0.1) is 5.92 Å². The molecule has 39 heavy (non-hydrogen) atoms. The maximum Gasteiger partial charge on any atom is 0.416 e. The quantitative estimate of drug-likeness (QED) is 0.303. The van der Waals surface area contributed by atoms with E-state index in [0.29, 0.717) is 34.9 Å². The largest absolute Gasteiger partial charge is 0.460 e. The first-order valence-electron chi connectivity index (χ1n) is 13.6. The van der Waals surface area contributed by atoms with Crippen LogP contribution in [0.15, 0.2) is 36.5 Å². The average molecular weight is 542 g/mol. The molecule has 2 aliphatic rings. The number of fused-ring (bicyclic) bond motifs is 1. The molecule has 0 saturated heterocycles. The number of alkyl halides is 3. The van der Waals surface area contributed by atoms with Gasteiger partial charge >= 0.3 is 12.1 Å². The van der Waals surface area contributed by atoms with Crippen molar-refractivity contribution < 1.29 is 27.5 Å². The smallest absolute Gasteiger partial charge is 0.416 e. The number of ether oxygens (including phenoxy) is 1. The van der Waals surface area contributed by atoms with E-state index in [0.717, 1.165) is 48.9 Å². The second-order valence-corrected chi connectivity index (χ2v) is 11.6. The third kappa shape index (κ3) is 6.12.